The molecule has 0 aliphatic carbocycles. The van der Waals surface area contributed by atoms with Crippen molar-refractivity contribution in [2.75, 3.05) is 17.6 Å². The lowest BCUT2D eigenvalue weighted by atomic mass is 10.1. The number of benzene rings is 1. The molecule has 1 aromatic rings. The summed E-state index contributed by atoms with van der Waals surface area (Å²) in [7, 11) is 0. The highest BCUT2D eigenvalue weighted by Crippen LogP contribution is 2.29. The zero-order chi connectivity index (χ0) is 28.8. The molecule has 0 heterocycles. The summed E-state index contributed by atoms with van der Waals surface area (Å²) >= 11 is 2.47. The van der Waals surface area contributed by atoms with Crippen LogP contribution in [0, 0.1) is 0 Å². The molecular formula is C36H63IO3. The molecule has 0 aromatic heterocycles. The van der Waals surface area contributed by atoms with Gasteiger partial charge in [0.1, 0.15) is 0 Å². The van der Waals surface area contributed by atoms with Crippen molar-refractivity contribution < 1.29 is 14.6 Å². The highest BCUT2D eigenvalue weighted by atomic mass is 127. The fraction of sp³-hybridized carbons (Fsp3) is 0.778. The summed E-state index contributed by atoms with van der Waals surface area (Å²) in [6, 6.07) is 5.83. The number of rotatable bonds is 30. The highest BCUT2D eigenvalue weighted by molar-refractivity contribution is 14.1. The van der Waals surface area contributed by atoms with Gasteiger partial charge in [0.05, 0.1) is 19.8 Å². The monoisotopic (exact) mass is 670 g/mol. The van der Waals surface area contributed by atoms with Crippen LogP contribution in [0.4, 0.5) is 0 Å². The van der Waals surface area contributed by atoms with E-state index in [9.17, 15) is 5.11 Å². The molecule has 0 aliphatic rings. The molecule has 0 atom stereocenters. The first kappa shape index (κ1) is 37.3. The molecule has 0 spiro atoms. The molecule has 0 radical (unpaired) electrons. The molecule has 0 fully saturated rings. The topological polar surface area (TPSA) is 38.7 Å². The van der Waals surface area contributed by atoms with Crippen molar-refractivity contribution in [1.82, 2.24) is 0 Å². The van der Waals surface area contributed by atoms with E-state index < -0.39 is 0 Å². The molecular weight excluding hydrogens is 607 g/mol. The molecule has 0 saturated heterocycles. The second kappa shape index (κ2) is 29.7. The predicted octanol–water partition coefficient (Wildman–Crippen LogP) is 11.9. The first-order valence-corrected chi connectivity index (χ1v) is 18.5. The minimum atomic E-state index is 0.0309. The van der Waals surface area contributed by atoms with Crippen molar-refractivity contribution in [1.29, 1.82) is 0 Å². The van der Waals surface area contributed by atoms with E-state index in [2.05, 4.69) is 41.7 Å². The van der Waals surface area contributed by atoms with Gasteiger partial charge in [-0.1, -0.05) is 150 Å². The van der Waals surface area contributed by atoms with Gasteiger partial charge >= 0.3 is 0 Å². The predicted molar refractivity (Wildman–Crippen MR) is 183 cm³/mol. The SMILES string of the molecule is CCCCCCCCC/C=C\CCCCCCCCOc1ccc(CO)cc1OCCCCCCCCCCI. The summed E-state index contributed by atoms with van der Waals surface area (Å²) in [6.07, 6.45) is 35.1. The number of alkyl halides is 1. The molecule has 3 nitrogen and oxygen atoms in total. The molecule has 4 heteroatoms. The van der Waals surface area contributed by atoms with E-state index in [1.54, 1.807) is 0 Å². The molecule has 0 bridgehead atoms. The number of hydrogen-bond donors (Lipinski definition) is 1. The van der Waals surface area contributed by atoms with Crippen molar-refractivity contribution >= 4 is 22.6 Å². The van der Waals surface area contributed by atoms with Gasteiger partial charge in [-0.05, 0) is 67.1 Å². The smallest absolute Gasteiger partial charge is 0.161 e. The number of hydrogen-bond acceptors (Lipinski definition) is 3. The molecule has 40 heavy (non-hydrogen) atoms. The molecule has 0 amide bonds. The van der Waals surface area contributed by atoms with Crippen molar-refractivity contribution in [3.8, 4) is 11.5 Å². The van der Waals surface area contributed by atoms with Crippen LogP contribution in [0.25, 0.3) is 0 Å². The second-order valence-corrected chi connectivity index (χ2v) is 12.5. The van der Waals surface area contributed by atoms with Crippen LogP contribution in [-0.4, -0.2) is 22.7 Å². The van der Waals surface area contributed by atoms with E-state index in [4.69, 9.17) is 9.47 Å². The van der Waals surface area contributed by atoms with Crippen molar-refractivity contribution in [3.05, 3.63) is 35.9 Å². The number of allylic oxidation sites excluding steroid dienone is 2. The third-order valence-electron chi connectivity index (χ3n) is 7.64. The second-order valence-electron chi connectivity index (χ2n) is 11.4. The molecule has 0 aliphatic heterocycles. The maximum Gasteiger partial charge on any atom is 0.161 e. The maximum atomic E-state index is 9.54. The zero-order valence-electron chi connectivity index (χ0n) is 26.1. The summed E-state index contributed by atoms with van der Waals surface area (Å²) < 4.78 is 13.5. The lowest BCUT2D eigenvalue weighted by molar-refractivity contribution is 0.254. The first-order valence-electron chi connectivity index (χ1n) is 17.0. The molecule has 232 valence electrons. The van der Waals surface area contributed by atoms with E-state index in [-0.39, 0.29) is 6.61 Å². The minimum absolute atomic E-state index is 0.0309. The van der Waals surface area contributed by atoms with Gasteiger partial charge in [-0.15, -0.1) is 0 Å². The molecule has 1 N–H and O–H groups in total. The van der Waals surface area contributed by atoms with Crippen LogP contribution in [0.3, 0.4) is 0 Å². The third kappa shape index (κ3) is 22.9. The average molecular weight is 671 g/mol. The Labute approximate surface area is 262 Å². The van der Waals surface area contributed by atoms with Gasteiger partial charge < -0.3 is 14.6 Å². The number of halogens is 1. The Bertz CT molecular complexity index is 691. The van der Waals surface area contributed by atoms with Gasteiger partial charge in [0.25, 0.3) is 0 Å². The minimum Gasteiger partial charge on any atom is -0.490 e. The standard InChI is InChI=1S/C36H63IO3/c1-2-3-4-5-6-7-8-9-10-11-12-13-14-16-19-22-25-30-39-35-28-27-34(33-38)32-36(35)40-31-26-23-20-17-15-18-21-24-29-37/h10-11,27-28,32,38H,2-9,12-26,29-31,33H2,1H3/b11-10-. The van der Waals surface area contributed by atoms with Crippen LogP contribution in [0.15, 0.2) is 30.4 Å². The summed E-state index contributed by atoms with van der Waals surface area (Å²) in [5, 5.41) is 9.54. The third-order valence-corrected chi connectivity index (χ3v) is 8.40. The average Bonchev–Trinajstić information content (AvgIpc) is 2.98. The molecule has 1 rings (SSSR count). The summed E-state index contributed by atoms with van der Waals surface area (Å²) in [6.45, 7) is 3.76. The maximum absolute atomic E-state index is 9.54. The van der Waals surface area contributed by atoms with Crippen LogP contribution >= 0.6 is 22.6 Å². The molecule has 0 saturated carbocycles. The Kier molecular flexibility index (Phi) is 27.7. The lowest BCUT2D eigenvalue weighted by Gasteiger charge is -2.14. The van der Waals surface area contributed by atoms with Gasteiger partial charge in [0.15, 0.2) is 11.5 Å². The van der Waals surface area contributed by atoms with E-state index in [0.29, 0.717) is 6.61 Å². The van der Waals surface area contributed by atoms with Crippen molar-refractivity contribution in [2.45, 2.75) is 161 Å². The van der Waals surface area contributed by atoms with Crippen LogP contribution in [-0.2, 0) is 6.61 Å². The number of aliphatic hydroxyl groups is 1. The van der Waals surface area contributed by atoms with Gasteiger partial charge in [-0.2, -0.15) is 0 Å². The van der Waals surface area contributed by atoms with Gasteiger partial charge in [0.2, 0.25) is 0 Å². The summed E-state index contributed by atoms with van der Waals surface area (Å²) in [5.41, 5.74) is 0.876. The number of ether oxygens (including phenoxy) is 2. The van der Waals surface area contributed by atoms with E-state index in [0.717, 1.165) is 36.5 Å². The van der Waals surface area contributed by atoms with E-state index in [1.807, 2.05) is 18.2 Å². The summed E-state index contributed by atoms with van der Waals surface area (Å²) in [4.78, 5) is 0. The van der Waals surface area contributed by atoms with Crippen LogP contribution < -0.4 is 9.47 Å². The Morgan fingerprint density at radius 3 is 1.52 bits per heavy atom. The Balaban J connectivity index is 2.04. The molecule has 0 unspecified atom stereocenters. The largest absolute Gasteiger partial charge is 0.490 e. The quantitative estimate of drug-likeness (QED) is 0.0383. The Morgan fingerprint density at radius 2 is 1.02 bits per heavy atom. The van der Waals surface area contributed by atoms with E-state index >= 15 is 0 Å². The fourth-order valence-electron chi connectivity index (χ4n) is 5.03. The van der Waals surface area contributed by atoms with Crippen molar-refractivity contribution in [3.63, 3.8) is 0 Å². The Morgan fingerprint density at radius 1 is 0.575 bits per heavy atom. The van der Waals surface area contributed by atoms with Crippen LogP contribution in [0.2, 0.25) is 0 Å². The van der Waals surface area contributed by atoms with E-state index in [1.165, 1.54) is 139 Å². The normalized spacial score (nSPS) is 11.5. The first-order chi connectivity index (χ1) is 19.8. The molecule has 1 aromatic carbocycles. The van der Waals surface area contributed by atoms with Gasteiger partial charge in [-0.3, -0.25) is 0 Å². The Hall–Kier alpha value is -0.750. The number of aliphatic hydroxyl groups excluding tert-OH is 1. The van der Waals surface area contributed by atoms with Gasteiger partial charge in [-0.25, -0.2) is 0 Å². The highest BCUT2D eigenvalue weighted by Gasteiger charge is 2.07. The lowest BCUT2D eigenvalue weighted by Crippen LogP contribution is -2.03. The van der Waals surface area contributed by atoms with Gasteiger partial charge in [0, 0.05) is 0 Å². The van der Waals surface area contributed by atoms with Crippen molar-refractivity contribution in [2.24, 2.45) is 0 Å². The zero-order valence-corrected chi connectivity index (χ0v) is 28.3. The fourth-order valence-corrected chi connectivity index (χ4v) is 5.57. The van der Waals surface area contributed by atoms with Crippen LogP contribution in [0.1, 0.15) is 160 Å². The summed E-state index contributed by atoms with van der Waals surface area (Å²) in [5.74, 6) is 1.60. The van der Waals surface area contributed by atoms with Crippen LogP contribution in [0.5, 0.6) is 11.5 Å². The number of unbranched alkanes of at least 4 members (excludes halogenated alkanes) is 20.